The minimum Gasteiger partial charge on any atom is -0.403 e. The van der Waals surface area contributed by atoms with Gasteiger partial charge in [0, 0.05) is 43.0 Å². The van der Waals surface area contributed by atoms with Gasteiger partial charge in [-0.05, 0) is 56.2 Å². The highest BCUT2D eigenvalue weighted by Crippen LogP contribution is 2.25. The summed E-state index contributed by atoms with van der Waals surface area (Å²) in [4.78, 5) is 24.3. The molecule has 154 valence electrons. The first kappa shape index (κ1) is 18.8. The summed E-state index contributed by atoms with van der Waals surface area (Å²) in [5.74, 6) is 0.849. The van der Waals surface area contributed by atoms with Crippen molar-refractivity contribution in [2.75, 3.05) is 18.0 Å². The Labute approximate surface area is 174 Å². The Bertz CT molecular complexity index is 1290. The van der Waals surface area contributed by atoms with Gasteiger partial charge in [-0.25, -0.2) is 9.78 Å². The molecule has 7 heteroatoms. The van der Waals surface area contributed by atoms with E-state index in [1.807, 2.05) is 54.0 Å². The summed E-state index contributed by atoms with van der Waals surface area (Å²) in [5, 5.41) is 4.31. The lowest BCUT2D eigenvalue weighted by molar-refractivity contribution is 0.400. The SMILES string of the molecule is CCC1CNC(C)CN1c1ccc2cc(-c3cn4ccc(C)cc4n3)c(=O)oc2n1. The number of fused-ring (bicyclic) bond motifs is 2. The predicted octanol–water partition coefficient (Wildman–Crippen LogP) is 3.39. The van der Waals surface area contributed by atoms with E-state index < -0.39 is 5.63 Å². The zero-order valence-corrected chi connectivity index (χ0v) is 17.4. The second-order valence-corrected chi connectivity index (χ2v) is 8.13. The molecule has 30 heavy (non-hydrogen) atoms. The molecule has 0 aromatic carbocycles. The first-order valence-corrected chi connectivity index (χ1v) is 10.4. The average Bonchev–Trinajstić information content (AvgIpc) is 3.15. The van der Waals surface area contributed by atoms with Crippen LogP contribution in [-0.4, -0.2) is 39.5 Å². The number of anilines is 1. The van der Waals surface area contributed by atoms with Gasteiger partial charge in [-0.1, -0.05) is 6.92 Å². The van der Waals surface area contributed by atoms with Gasteiger partial charge in [-0.3, -0.25) is 0 Å². The van der Waals surface area contributed by atoms with Crippen molar-refractivity contribution in [2.45, 2.75) is 39.3 Å². The van der Waals surface area contributed by atoms with Crippen molar-refractivity contribution in [1.82, 2.24) is 19.7 Å². The molecule has 1 saturated heterocycles. The summed E-state index contributed by atoms with van der Waals surface area (Å²) < 4.78 is 7.54. The number of piperazine rings is 1. The van der Waals surface area contributed by atoms with Crippen LogP contribution in [0.2, 0.25) is 0 Å². The number of hydrogen-bond acceptors (Lipinski definition) is 6. The van der Waals surface area contributed by atoms with Crippen LogP contribution in [-0.2, 0) is 0 Å². The number of aromatic nitrogens is 3. The minimum absolute atomic E-state index is 0.363. The maximum absolute atomic E-state index is 12.8. The van der Waals surface area contributed by atoms with Crippen LogP contribution in [0.15, 0.2) is 51.9 Å². The Morgan fingerprint density at radius 2 is 2.10 bits per heavy atom. The summed E-state index contributed by atoms with van der Waals surface area (Å²) in [5.41, 5.74) is 2.91. The van der Waals surface area contributed by atoms with Gasteiger partial charge >= 0.3 is 5.63 Å². The number of rotatable bonds is 3. The molecule has 1 aliphatic rings. The van der Waals surface area contributed by atoms with Crippen molar-refractivity contribution in [1.29, 1.82) is 0 Å². The lowest BCUT2D eigenvalue weighted by Crippen LogP contribution is -2.55. The molecule has 0 saturated carbocycles. The van der Waals surface area contributed by atoms with Gasteiger partial charge < -0.3 is 19.0 Å². The minimum atomic E-state index is -0.423. The Morgan fingerprint density at radius 3 is 2.93 bits per heavy atom. The van der Waals surface area contributed by atoms with Crippen LogP contribution < -0.4 is 15.8 Å². The third-order valence-electron chi connectivity index (χ3n) is 5.85. The van der Waals surface area contributed by atoms with E-state index in [-0.39, 0.29) is 0 Å². The number of aryl methyl sites for hydroxylation is 1. The molecular weight excluding hydrogens is 378 g/mol. The molecule has 2 unspecified atom stereocenters. The van der Waals surface area contributed by atoms with Crippen LogP contribution in [0.5, 0.6) is 0 Å². The third kappa shape index (κ3) is 3.25. The number of imidazole rings is 1. The molecule has 0 spiro atoms. The first-order chi connectivity index (χ1) is 14.5. The van der Waals surface area contributed by atoms with E-state index in [4.69, 9.17) is 4.42 Å². The standard InChI is InChI=1S/C23H25N5O2/c1-4-17-11-24-15(3)12-28(17)20-6-5-16-10-18(23(29)30-22(16)26-20)19-13-27-8-7-14(2)9-21(27)25-19/h5-10,13,15,17,24H,4,11-12H2,1-3H3. The van der Waals surface area contributed by atoms with Crippen LogP contribution in [0, 0.1) is 6.92 Å². The van der Waals surface area contributed by atoms with Gasteiger partial charge in [-0.2, -0.15) is 4.98 Å². The molecule has 2 atom stereocenters. The zero-order chi connectivity index (χ0) is 20.8. The molecule has 1 fully saturated rings. The molecular formula is C23H25N5O2. The fourth-order valence-corrected chi connectivity index (χ4v) is 4.14. The van der Waals surface area contributed by atoms with E-state index in [1.165, 1.54) is 0 Å². The number of nitrogens with one attached hydrogen (secondary N) is 1. The van der Waals surface area contributed by atoms with E-state index in [0.717, 1.165) is 41.9 Å². The van der Waals surface area contributed by atoms with Gasteiger partial charge in [0.1, 0.15) is 11.5 Å². The Hall–Kier alpha value is -3.19. The van der Waals surface area contributed by atoms with Crippen LogP contribution in [0.4, 0.5) is 5.82 Å². The molecule has 5 heterocycles. The molecule has 0 bridgehead atoms. The van der Waals surface area contributed by atoms with Gasteiger partial charge in [0.05, 0.1) is 11.3 Å². The summed E-state index contributed by atoms with van der Waals surface area (Å²) in [7, 11) is 0. The molecule has 4 aromatic rings. The topological polar surface area (TPSA) is 75.7 Å². The maximum Gasteiger partial charge on any atom is 0.347 e. The molecule has 0 radical (unpaired) electrons. The highest BCUT2D eigenvalue weighted by atomic mass is 16.4. The Kier molecular flexibility index (Phi) is 4.55. The Morgan fingerprint density at radius 1 is 1.23 bits per heavy atom. The van der Waals surface area contributed by atoms with Crippen LogP contribution in [0.25, 0.3) is 28.0 Å². The summed E-state index contributed by atoms with van der Waals surface area (Å²) in [6.07, 6.45) is 4.81. The lowest BCUT2D eigenvalue weighted by atomic mass is 10.1. The fraction of sp³-hybridized carbons (Fsp3) is 0.348. The van der Waals surface area contributed by atoms with Gasteiger partial charge in [0.2, 0.25) is 5.71 Å². The normalized spacial score (nSPS) is 19.6. The second-order valence-electron chi connectivity index (χ2n) is 8.13. The number of hydrogen-bond donors (Lipinski definition) is 1. The highest BCUT2D eigenvalue weighted by molar-refractivity contribution is 5.80. The van der Waals surface area contributed by atoms with Gasteiger partial charge in [0.25, 0.3) is 0 Å². The largest absolute Gasteiger partial charge is 0.403 e. The van der Waals surface area contributed by atoms with E-state index >= 15 is 0 Å². The summed E-state index contributed by atoms with van der Waals surface area (Å²) in [6, 6.07) is 10.6. The molecule has 7 nitrogen and oxygen atoms in total. The smallest absolute Gasteiger partial charge is 0.347 e. The molecule has 0 aliphatic carbocycles. The van der Waals surface area contributed by atoms with Crippen LogP contribution in [0.1, 0.15) is 25.8 Å². The summed E-state index contributed by atoms with van der Waals surface area (Å²) >= 11 is 0. The van der Waals surface area contributed by atoms with Gasteiger partial charge in [-0.15, -0.1) is 0 Å². The zero-order valence-electron chi connectivity index (χ0n) is 17.4. The van der Waals surface area contributed by atoms with Crippen molar-refractivity contribution in [3.05, 3.63) is 58.7 Å². The van der Waals surface area contributed by atoms with Crippen molar-refractivity contribution in [2.24, 2.45) is 0 Å². The highest BCUT2D eigenvalue weighted by Gasteiger charge is 2.26. The average molecular weight is 403 g/mol. The van der Waals surface area contributed by atoms with Crippen molar-refractivity contribution in [3.8, 4) is 11.3 Å². The van der Waals surface area contributed by atoms with E-state index in [1.54, 1.807) is 0 Å². The molecule has 1 aliphatic heterocycles. The monoisotopic (exact) mass is 403 g/mol. The predicted molar refractivity (Wildman–Crippen MR) is 118 cm³/mol. The van der Waals surface area contributed by atoms with E-state index in [0.29, 0.717) is 29.1 Å². The third-order valence-corrected chi connectivity index (χ3v) is 5.85. The molecule has 4 aromatic heterocycles. The van der Waals surface area contributed by atoms with Crippen LogP contribution in [0.3, 0.4) is 0 Å². The van der Waals surface area contributed by atoms with Crippen molar-refractivity contribution < 1.29 is 4.42 Å². The van der Waals surface area contributed by atoms with Crippen molar-refractivity contribution in [3.63, 3.8) is 0 Å². The second kappa shape index (κ2) is 7.25. The fourth-order valence-electron chi connectivity index (χ4n) is 4.14. The van der Waals surface area contributed by atoms with Crippen molar-refractivity contribution >= 4 is 22.6 Å². The number of pyridine rings is 2. The van der Waals surface area contributed by atoms with E-state index in [2.05, 4.69) is 34.0 Å². The lowest BCUT2D eigenvalue weighted by Gasteiger charge is -2.39. The quantitative estimate of drug-likeness (QED) is 0.565. The maximum atomic E-state index is 12.8. The molecule has 5 rings (SSSR count). The first-order valence-electron chi connectivity index (χ1n) is 10.4. The number of nitrogens with zero attached hydrogens (tertiary/aromatic N) is 4. The Balaban J connectivity index is 1.56. The molecule has 0 amide bonds. The van der Waals surface area contributed by atoms with E-state index in [9.17, 15) is 4.79 Å². The van der Waals surface area contributed by atoms with Gasteiger partial charge in [0.15, 0.2) is 0 Å². The van der Waals surface area contributed by atoms with Crippen LogP contribution >= 0.6 is 0 Å². The summed E-state index contributed by atoms with van der Waals surface area (Å²) in [6.45, 7) is 8.17. The molecule has 1 N–H and O–H groups in total.